The van der Waals surface area contributed by atoms with Gasteiger partial charge in [-0.1, -0.05) is 285 Å². The van der Waals surface area contributed by atoms with E-state index < -0.39 is 26.5 Å². The summed E-state index contributed by atoms with van der Waals surface area (Å²) in [5.41, 5.74) is 0. The monoisotopic (exact) mass is 1110 g/mol. The van der Waals surface area contributed by atoms with Crippen molar-refractivity contribution in [2.75, 3.05) is 47.5 Å². The summed E-state index contributed by atoms with van der Waals surface area (Å²) < 4.78 is 34.2. The van der Waals surface area contributed by atoms with E-state index in [4.69, 9.17) is 18.5 Å². The number of hydrogen-bond acceptors (Lipinski definition) is 8. The SMILES string of the molecule is CC/C=C\C/C=C\C/C=C\C/C=C\C/C=C\C/C=C\C/C=C\CCCCCC(=O)OC(COC(=O)CCCCCCCCCCCCCCCCCCCCCCCCCCCCCCC)COP(=O)([O-])OCC[N+](C)(C)C. The van der Waals surface area contributed by atoms with E-state index in [9.17, 15) is 19.0 Å². The maximum absolute atomic E-state index is 12.8. The van der Waals surface area contributed by atoms with E-state index in [0.29, 0.717) is 17.4 Å². The van der Waals surface area contributed by atoms with Crippen molar-refractivity contribution in [3.8, 4) is 0 Å². The second-order valence-electron chi connectivity index (χ2n) is 22.8. The fourth-order valence-corrected chi connectivity index (χ4v) is 9.72. The Morgan fingerprint density at radius 1 is 0.410 bits per heavy atom. The fraction of sp³-hybridized carbons (Fsp3) is 0.765. The quantitative estimate of drug-likeness (QED) is 0.0195. The number of carbonyl (C=O) groups is 2. The van der Waals surface area contributed by atoms with Crippen molar-refractivity contribution in [2.24, 2.45) is 0 Å². The highest BCUT2D eigenvalue weighted by Gasteiger charge is 2.22. The predicted octanol–water partition coefficient (Wildman–Crippen LogP) is 20.0. The summed E-state index contributed by atoms with van der Waals surface area (Å²) in [5.74, 6) is -0.866. The molecule has 452 valence electrons. The molecule has 0 N–H and O–H groups in total. The Bertz CT molecular complexity index is 1590. The maximum Gasteiger partial charge on any atom is 0.306 e. The first-order valence-corrected chi connectivity index (χ1v) is 33.8. The lowest BCUT2D eigenvalue weighted by Gasteiger charge is -2.28. The molecular formula is C68H122NO8P. The standard InChI is InChI=1S/C68H122NO8P/c1-6-8-10-12-14-16-18-20-22-24-26-28-30-32-33-34-35-37-38-40-42-44-46-48-50-52-54-56-58-60-67(70)74-64-66(65-76-78(72,73)75-63-62-69(3,4)5)77-68(71)61-59-57-55-53-51-49-47-45-43-41-39-36-31-29-27-25-23-21-19-17-15-13-11-9-7-2/h9,11,15,17,21,23,27,29,36,39,43,45,49,51,66H,6-8,10,12-14,16,18-20,22,24-26,28,30-35,37-38,40-42,44,46-48,50,52-65H2,1-5H3/b11-9-,17-15-,23-21-,29-27-,39-36-,45-43-,51-49-. The third kappa shape index (κ3) is 62.4. The number of phosphoric acid groups is 1. The number of rotatable bonds is 59. The molecule has 9 nitrogen and oxygen atoms in total. The minimum absolute atomic E-state index is 0.0406. The van der Waals surface area contributed by atoms with E-state index in [0.717, 1.165) is 83.5 Å². The Hall–Kier alpha value is -2.81. The fourth-order valence-electron chi connectivity index (χ4n) is 8.99. The van der Waals surface area contributed by atoms with Crippen LogP contribution in [-0.2, 0) is 32.7 Å². The Kier molecular flexibility index (Phi) is 56.7. The highest BCUT2D eigenvalue weighted by Crippen LogP contribution is 2.38. The number of hydrogen-bond donors (Lipinski definition) is 0. The molecule has 0 aliphatic rings. The molecule has 0 saturated heterocycles. The smallest absolute Gasteiger partial charge is 0.306 e. The summed E-state index contributed by atoms with van der Waals surface area (Å²) in [4.78, 5) is 38.0. The summed E-state index contributed by atoms with van der Waals surface area (Å²) in [7, 11) is 1.14. The summed E-state index contributed by atoms with van der Waals surface area (Å²) >= 11 is 0. The Balaban J connectivity index is 4.14. The van der Waals surface area contributed by atoms with Gasteiger partial charge in [0.05, 0.1) is 27.7 Å². The first-order valence-electron chi connectivity index (χ1n) is 32.3. The molecule has 10 heteroatoms. The van der Waals surface area contributed by atoms with Crippen molar-refractivity contribution in [3.63, 3.8) is 0 Å². The highest BCUT2D eigenvalue weighted by atomic mass is 31.2. The van der Waals surface area contributed by atoms with Gasteiger partial charge in [0, 0.05) is 12.8 Å². The molecule has 0 aliphatic heterocycles. The van der Waals surface area contributed by atoms with Gasteiger partial charge < -0.3 is 27.9 Å². The van der Waals surface area contributed by atoms with Gasteiger partial charge in [0.2, 0.25) is 0 Å². The average Bonchev–Trinajstić information content (AvgIpc) is 3.40. The van der Waals surface area contributed by atoms with E-state index >= 15 is 0 Å². The second kappa shape index (κ2) is 58.8. The molecule has 2 unspecified atom stereocenters. The van der Waals surface area contributed by atoms with Gasteiger partial charge in [-0.15, -0.1) is 0 Å². The van der Waals surface area contributed by atoms with Crippen LogP contribution in [0.15, 0.2) is 85.1 Å². The first kappa shape index (κ1) is 75.2. The highest BCUT2D eigenvalue weighted by molar-refractivity contribution is 7.45. The molecule has 0 aromatic rings. The van der Waals surface area contributed by atoms with Gasteiger partial charge in [0.15, 0.2) is 6.10 Å². The van der Waals surface area contributed by atoms with Gasteiger partial charge in [-0.05, 0) is 70.6 Å². The lowest BCUT2D eigenvalue weighted by atomic mass is 10.0. The second-order valence-corrected chi connectivity index (χ2v) is 24.2. The molecule has 0 saturated carbocycles. The van der Waals surface area contributed by atoms with Crippen LogP contribution in [0.4, 0.5) is 0 Å². The van der Waals surface area contributed by atoms with Crippen LogP contribution in [0.1, 0.15) is 284 Å². The van der Waals surface area contributed by atoms with Crippen LogP contribution in [0.3, 0.4) is 0 Å². The van der Waals surface area contributed by atoms with Crippen molar-refractivity contribution in [2.45, 2.75) is 290 Å². The van der Waals surface area contributed by atoms with Gasteiger partial charge in [-0.3, -0.25) is 14.2 Å². The number of allylic oxidation sites excluding steroid dienone is 14. The average molecular weight is 1110 g/mol. The van der Waals surface area contributed by atoms with Gasteiger partial charge in [0.25, 0.3) is 7.82 Å². The molecule has 0 radical (unpaired) electrons. The topological polar surface area (TPSA) is 111 Å². The molecule has 2 atom stereocenters. The van der Waals surface area contributed by atoms with E-state index in [2.05, 4.69) is 98.9 Å². The number of nitrogens with zero attached hydrogens (tertiary/aromatic N) is 1. The van der Waals surface area contributed by atoms with Crippen molar-refractivity contribution < 1.29 is 42.1 Å². The van der Waals surface area contributed by atoms with Crippen molar-refractivity contribution in [1.82, 2.24) is 0 Å². The molecule has 0 fully saturated rings. The summed E-state index contributed by atoms with van der Waals surface area (Å²) in [6, 6.07) is 0. The molecule has 0 aromatic carbocycles. The van der Waals surface area contributed by atoms with Crippen LogP contribution < -0.4 is 4.89 Å². The van der Waals surface area contributed by atoms with Crippen molar-refractivity contribution in [1.29, 1.82) is 0 Å². The van der Waals surface area contributed by atoms with Crippen LogP contribution in [-0.4, -0.2) is 70.0 Å². The molecule has 0 spiro atoms. The normalized spacial score (nSPS) is 13.8. The molecule has 78 heavy (non-hydrogen) atoms. The van der Waals surface area contributed by atoms with Gasteiger partial charge in [0.1, 0.15) is 19.8 Å². The molecular weight excluding hydrogens is 990 g/mol. The summed E-state index contributed by atoms with van der Waals surface area (Å²) in [5, 5.41) is 0. The van der Waals surface area contributed by atoms with Crippen molar-refractivity contribution in [3.05, 3.63) is 85.1 Å². The predicted molar refractivity (Wildman–Crippen MR) is 332 cm³/mol. The summed E-state index contributed by atoms with van der Waals surface area (Å²) in [6.45, 7) is 4.12. The largest absolute Gasteiger partial charge is 0.756 e. The van der Waals surface area contributed by atoms with Crippen LogP contribution in [0.25, 0.3) is 0 Å². The number of esters is 2. The molecule has 0 aliphatic carbocycles. The number of carbonyl (C=O) groups excluding carboxylic acids is 2. The zero-order chi connectivity index (χ0) is 57.0. The Morgan fingerprint density at radius 2 is 0.731 bits per heavy atom. The molecule has 0 aromatic heterocycles. The van der Waals surface area contributed by atoms with E-state index in [1.165, 1.54) is 167 Å². The zero-order valence-electron chi connectivity index (χ0n) is 51.3. The van der Waals surface area contributed by atoms with Crippen LogP contribution in [0, 0.1) is 0 Å². The maximum atomic E-state index is 12.8. The van der Waals surface area contributed by atoms with E-state index in [1.54, 1.807) is 0 Å². The van der Waals surface area contributed by atoms with E-state index in [1.807, 2.05) is 21.1 Å². The zero-order valence-corrected chi connectivity index (χ0v) is 52.2. The van der Waals surface area contributed by atoms with Gasteiger partial charge >= 0.3 is 11.9 Å². The number of unbranched alkanes of at least 4 members (excludes halogenated alkanes) is 31. The number of likely N-dealkylation sites (N-methyl/N-ethyl adjacent to an activating group) is 1. The van der Waals surface area contributed by atoms with Gasteiger partial charge in [-0.2, -0.15) is 0 Å². The third-order valence-electron chi connectivity index (χ3n) is 13.9. The lowest BCUT2D eigenvalue weighted by Crippen LogP contribution is -2.37. The number of quaternary nitrogens is 1. The molecule has 0 amide bonds. The minimum atomic E-state index is -4.65. The summed E-state index contributed by atoms with van der Waals surface area (Å²) in [6.07, 6.45) is 79.4. The molecule has 0 rings (SSSR count). The van der Waals surface area contributed by atoms with Crippen LogP contribution in [0.2, 0.25) is 0 Å². The molecule has 0 heterocycles. The first-order chi connectivity index (χ1) is 38.0. The number of phosphoric ester groups is 1. The van der Waals surface area contributed by atoms with Crippen LogP contribution in [0.5, 0.6) is 0 Å². The van der Waals surface area contributed by atoms with Crippen molar-refractivity contribution >= 4 is 19.8 Å². The van der Waals surface area contributed by atoms with Gasteiger partial charge in [-0.25, -0.2) is 0 Å². The third-order valence-corrected chi connectivity index (χ3v) is 14.9. The Morgan fingerprint density at radius 3 is 1.09 bits per heavy atom. The number of ether oxygens (including phenoxy) is 2. The van der Waals surface area contributed by atoms with E-state index in [-0.39, 0.29) is 32.0 Å². The van der Waals surface area contributed by atoms with Crippen LogP contribution >= 0.6 is 7.82 Å². The minimum Gasteiger partial charge on any atom is -0.756 e. The molecule has 0 bridgehead atoms. The Labute approximate surface area is 481 Å². The lowest BCUT2D eigenvalue weighted by molar-refractivity contribution is -0.870.